The van der Waals surface area contributed by atoms with E-state index in [4.69, 9.17) is 5.73 Å². The lowest BCUT2D eigenvalue weighted by Gasteiger charge is -2.20. The summed E-state index contributed by atoms with van der Waals surface area (Å²) in [5.41, 5.74) is 5.62. The Morgan fingerprint density at radius 1 is 0.957 bits per heavy atom. The highest BCUT2D eigenvalue weighted by Gasteiger charge is 2.33. The second kappa shape index (κ2) is 7.33. The average Bonchev–Trinajstić information content (AvgIpc) is 2.59. The van der Waals surface area contributed by atoms with Crippen LogP contribution >= 0.6 is 0 Å². The second-order valence-electron chi connectivity index (χ2n) is 4.94. The largest absolute Gasteiger partial charge is 0.370 e. The van der Waals surface area contributed by atoms with Crippen LogP contribution in [0.25, 0.3) is 0 Å². The highest BCUT2D eigenvalue weighted by Crippen LogP contribution is 2.19. The molecule has 0 aromatic heterocycles. The number of anilines is 1. The summed E-state index contributed by atoms with van der Waals surface area (Å²) in [5.74, 6) is -3.64. The summed E-state index contributed by atoms with van der Waals surface area (Å²) < 4.78 is 0. The molecule has 1 atom stereocenters. The summed E-state index contributed by atoms with van der Waals surface area (Å²) in [6.07, 6.45) is -0.476. The lowest BCUT2D eigenvalue weighted by molar-refractivity contribution is -0.129. The Morgan fingerprint density at radius 3 is 2.00 bits per heavy atom. The lowest BCUT2D eigenvalue weighted by atomic mass is 9.93. The maximum absolute atomic E-state index is 12.5. The van der Waals surface area contributed by atoms with Crippen molar-refractivity contribution >= 4 is 23.3 Å². The van der Waals surface area contributed by atoms with E-state index in [1.165, 1.54) is 24.3 Å². The molecular formula is C17H16N2O4. The molecule has 0 spiro atoms. The van der Waals surface area contributed by atoms with Crippen molar-refractivity contribution in [2.24, 2.45) is 11.7 Å². The van der Waals surface area contributed by atoms with Crippen LogP contribution in [0.5, 0.6) is 0 Å². The number of hydroxylamine groups is 1. The highest BCUT2D eigenvalue weighted by atomic mass is 16.5. The minimum absolute atomic E-state index is 0.202. The van der Waals surface area contributed by atoms with Gasteiger partial charge in [0.1, 0.15) is 5.92 Å². The zero-order valence-corrected chi connectivity index (χ0v) is 12.3. The van der Waals surface area contributed by atoms with Crippen molar-refractivity contribution in [1.29, 1.82) is 0 Å². The van der Waals surface area contributed by atoms with E-state index in [9.17, 15) is 19.6 Å². The first kappa shape index (κ1) is 16.4. The number of rotatable bonds is 6. The summed E-state index contributed by atoms with van der Waals surface area (Å²) in [7, 11) is 0. The number of hydrogen-bond acceptors (Lipinski definition) is 4. The number of nitrogens with two attached hydrogens (primary N) is 1. The van der Waals surface area contributed by atoms with Crippen molar-refractivity contribution in [2.45, 2.75) is 6.42 Å². The van der Waals surface area contributed by atoms with E-state index in [2.05, 4.69) is 0 Å². The summed E-state index contributed by atoms with van der Waals surface area (Å²) >= 11 is 0. The fourth-order valence-electron chi connectivity index (χ4n) is 2.14. The summed E-state index contributed by atoms with van der Waals surface area (Å²) in [6, 6.07) is 16.1. The molecule has 0 heterocycles. The van der Waals surface area contributed by atoms with Gasteiger partial charge in [0.25, 0.3) is 5.91 Å². The molecule has 0 aliphatic heterocycles. The molecule has 2 amide bonds. The average molecular weight is 312 g/mol. The predicted molar refractivity (Wildman–Crippen MR) is 83.8 cm³/mol. The van der Waals surface area contributed by atoms with Crippen molar-refractivity contribution in [3.63, 3.8) is 0 Å². The van der Waals surface area contributed by atoms with Crippen LogP contribution in [-0.4, -0.2) is 22.8 Å². The van der Waals surface area contributed by atoms with Crippen molar-refractivity contribution in [1.82, 2.24) is 0 Å². The van der Waals surface area contributed by atoms with Gasteiger partial charge in [-0.05, 0) is 12.1 Å². The van der Waals surface area contributed by atoms with Crippen molar-refractivity contribution < 1.29 is 19.6 Å². The van der Waals surface area contributed by atoms with Gasteiger partial charge in [0.05, 0.1) is 5.69 Å². The van der Waals surface area contributed by atoms with Gasteiger partial charge < -0.3 is 5.73 Å². The normalized spacial score (nSPS) is 11.5. The molecule has 2 rings (SSSR count). The molecule has 118 valence electrons. The number of para-hydroxylation sites is 1. The van der Waals surface area contributed by atoms with Gasteiger partial charge in [-0.1, -0.05) is 48.5 Å². The zero-order chi connectivity index (χ0) is 16.8. The monoisotopic (exact) mass is 312 g/mol. The summed E-state index contributed by atoms with van der Waals surface area (Å²) in [6.45, 7) is 0. The quantitative estimate of drug-likeness (QED) is 0.367. The van der Waals surface area contributed by atoms with Crippen LogP contribution < -0.4 is 10.8 Å². The molecular weight excluding hydrogens is 296 g/mol. The van der Waals surface area contributed by atoms with E-state index in [0.717, 1.165) is 0 Å². The van der Waals surface area contributed by atoms with E-state index in [1.54, 1.807) is 36.4 Å². The van der Waals surface area contributed by atoms with Crippen molar-refractivity contribution in [3.8, 4) is 0 Å². The number of ketones is 1. The highest BCUT2D eigenvalue weighted by molar-refractivity contribution is 6.15. The Kier molecular flexibility index (Phi) is 5.22. The van der Waals surface area contributed by atoms with Gasteiger partial charge in [0, 0.05) is 12.0 Å². The lowest BCUT2D eigenvalue weighted by Crippen LogP contribution is -2.39. The third-order valence-electron chi connectivity index (χ3n) is 3.29. The van der Waals surface area contributed by atoms with Gasteiger partial charge in [0.15, 0.2) is 5.78 Å². The number of benzene rings is 2. The molecule has 0 aliphatic carbocycles. The van der Waals surface area contributed by atoms with Crippen LogP contribution in [0.4, 0.5) is 5.69 Å². The topological polar surface area (TPSA) is 101 Å². The molecule has 0 radical (unpaired) electrons. The minimum atomic E-state index is -1.37. The fraction of sp³-hybridized carbons (Fsp3) is 0.118. The molecule has 23 heavy (non-hydrogen) atoms. The molecule has 0 saturated heterocycles. The first-order valence-electron chi connectivity index (χ1n) is 6.96. The van der Waals surface area contributed by atoms with Crippen LogP contribution in [0, 0.1) is 5.92 Å². The van der Waals surface area contributed by atoms with Crippen molar-refractivity contribution in [3.05, 3.63) is 66.2 Å². The Morgan fingerprint density at radius 2 is 1.48 bits per heavy atom. The van der Waals surface area contributed by atoms with Gasteiger partial charge in [-0.25, -0.2) is 0 Å². The third kappa shape index (κ3) is 4.02. The molecule has 0 fully saturated rings. The first-order chi connectivity index (χ1) is 11.0. The maximum atomic E-state index is 12.5. The summed E-state index contributed by atoms with van der Waals surface area (Å²) in [4.78, 5) is 36.2. The maximum Gasteiger partial charge on any atom is 0.262 e. The van der Waals surface area contributed by atoms with E-state index < -0.39 is 29.9 Å². The van der Waals surface area contributed by atoms with E-state index in [1.807, 2.05) is 0 Å². The Hall–Kier alpha value is -2.99. The number of hydrogen-bond donors (Lipinski definition) is 2. The Balaban J connectivity index is 2.29. The number of nitrogens with zero attached hydrogens (tertiary/aromatic N) is 1. The van der Waals surface area contributed by atoms with Gasteiger partial charge >= 0.3 is 0 Å². The smallest absolute Gasteiger partial charge is 0.262 e. The molecule has 0 bridgehead atoms. The second-order valence-corrected chi connectivity index (χ2v) is 4.94. The molecule has 3 N–H and O–H groups in total. The van der Waals surface area contributed by atoms with Crippen LogP contribution in [0.15, 0.2) is 60.7 Å². The molecule has 0 aliphatic rings. The fourth-order valence-corrected chi connectivity index (χ4v) is 2.14. The Labute approximate surface area is 133 Å². The van der Waals surface area contributed by atoms with E-state index >= 15 is 0 Å². The van der Waals surface area contributed by atoms with E-state index in [0.29, 0.717) is 5.06 Å². The molecule has 2 aromatic rings. The van der Waals surface area contributed by atoms with Crippen LogP contribution in [-0.2, 0) is 9.59 Å². The number of amides is 2. The first-order valence-corrected chi connectivity index (χ1v) is 6.96. The van der Waals surface area contributed by atoms with Gasteiger partial charge in [0.2, 0.25) is 5.91 Å². The SMILES string of the molecule is NC(=O)CC(C(=O)c1ccccc1)C(=O)N(O)c1ccccc1. The molecule has 6 nitrogen and oxygen atoms in total. The van der Waals surface area contributed by atoms with Crippen LogP contribution in [0.3, 0.4) is 0 Å². The minimum Gasteiger partial charge on any atom is -0.370 e. The molecule has 0 saturated carbocycles. The molecule has 1 unspecified atom stereocenters. The van der Waals surface area contributed by atoms with Gasteiger partial charge in [-0.2, -0.15) is 5.06 Å². The van der Waals surface area contributed by atoms with Crippen molar-refractivity contribution in [2.75, 3.05) is 5.06 Å². The van der Waals surface area contributed by atoms with E-state index in [-0.39, 0.29) is 11.3 Å². The third-order valence-corrected chi connectivity index (χ3v) is 3.29. The number of carbonyl (C=O) groups is 3. The molecule has 2 aromatic carbocycles. The van der Waals surface area contributed by atoms with Gasteiger partial charge in [-0.15, -0.1) is 0 Å². The van der Waals surface area contributed by atoms with Gasteiger partial charge in [-0.3, -0.25) is 19.6 Å². The van der Waals surface area contributed by atoms with Crippen LogP contribution in [0.2, 0.25) is 0 Å². The zero-order valence-electron chi connectivity index (χ0n) is 12.3. The number of primary amides is 1. The summed E-state index contributed by atoms with van der Waals surface area (Å²) in [5, 5.41) is 10.4. The number of Topliss-reactive ketones (excluding diaryl/α,β-unsaturated/α-hetero) is 1. The molecule has 6 heteroatoms. The predicted octanol–water partition coefficient (Wildman–Crippen LogP) is 1.78. The number of carbonyl (C=O) groups excluding carboxylic acids is 3. The Bertz CT molecular complexity index is 701. The standard InChI is InChI=1S/C17H16N2O4/c18-15(20)11-14(16(21)12-7-3-1-4-8-12)17(22)19(23)13-9-5-2-6-10-13/h1-10,14,23H,11H2,(H2,18,20). The van der Waals surface area contributed by atoms with Crippen LogP contribution in [0.1, 0.15) is 16.8 Å².